The van der Waals surface area contributed by atoms with Gasteiger partial charge in [0.25, 0.3) is 5.91 Å². The van der Waals surface area contributed by atoms with Gasteiger partial charge in [-0.25, -0.2) is 9.59 Å². The van der Waals surface area contributed by atoms with Crippen molar-refractivity contribution in [2.45, 2.75) is 292 Å². The number of amides is 12. The molecule has 2 saturated carbocycles. The molecule has 0 unspecified atom stereocenters. The molecular formula is C104H132N16O28. The first-order valence-electron chi connectivity index (χ1n) is 50.2. The fraction of sp³-hybridized carbons (Fsp3) is 0.538. The predicted octanol–water partition coefficient (Wildman–Crippen LogP) is 2.10. The molecule has 18 N–H and O–H groups in total. The van der Waals surface area contributed by atoms with Crippen molar-refractivity contribution in [3.8, 4) is 0 Å². The number of benzene rings is 4. The molecule has 12 amide bonds. The van der Waals surface area contributed by atoms with Crippen molar-refractivity contribution in [2.75, 3.05) is 39.3 Å². The molecule has 4 aromatic carbocycles. The van der Waals surface area contributed by atoms with Crippen LogP contribution in [0.25, 0.3) is 10.9 Å². The van der Waals surface area contributed by atoms with Gasteiger partial charge in [0, 0.05) is 113 Å². The second-order valence-corrected chi connectivity index (χ2v) is 40.1. The quantitative estimate of drug-likeness (QED) is 0.00664. The van der Waals surface area contributed by atoms with E-state index in [1.807, 2.05) is 0 Å². The van der Waals surface area contributed by atoms with Gasteiger partial charge in [-0.3, -0.25) is 86.9 Å². The molecule has 0 radical (unpaired) electrons. The monoisotopic (exact) mass is 2050 g/mol. The number of hydrogen-bond acceptors (Lipinski definition) is 28. The summed E-state index contributed by atoms with van der Waals surface area (Å²) in [4.78, 5) is 284. The highest BCUT2D eigenvalue weighted by Crippen LogP contribution is 2.65. The van der Waals surface area contributed by atoms with Gasteiger partial charge in [-0.05, 0) is 149 Å². The average Bonchev–Trinajstić information content (AvgIpc) is 0.733. The van der Waals surface area contributed by atoms with Crippen LogP contribution in [0, 0.1) is 28.1 Å². The lowest BCUT2D eigenvalue weighted by molar-refractivity contribution is -0.346. The highest BCUT2D eigenvalue weighted by Gasteiger charge is 2.79. The van der Waals surface area contributed by atoms with Crippen LogP contribution in [0.15, 0.2) is 133 Å². The number of H-pyrrole nitrogens is 1. The SMILES string of the molecule is CC[C@H](C)[C@H](NC(=O)[C@H](CCC(N)=O)NC(=O)[C@@H]1CCCN1C(=O)[C@H](CCCNC(=N)N)NC(=O)[C@@H]1CCCN1C(=O)[C@H](Cc1c[nH]c2ccccc12)NC(=O)[C@H](CCC(=O)O)NC(=O)CCC(=O)O[C@@H](C(=O)O[C@H]1C[C@@]2(O)[C@@H](OC(=O)c3ccccc3)[C@@H]3[C@]4(OC(C)=O)CO[C@@H]4C[C@H](O)[C@@]3(C)C(=O)[C@H](OC(C)=O)C(=C1C)C2(C)C)[C@@H](NC(=O)c1ccccc1)c1ccccc1)C(=O)N1CCC[C@H]1C(=O)N1CCC[C@H]1C(N)=O. The third-order valence-electron chi connectivity index (χ3n) is 30.3. The number of fused-ring (bicyclic) bond motifs is 6. The van der Waals surface area contributed by atoms with Gasteiger partial charge in [0.1, 0.15) is 84.3 Å². The van der Waals surface area contributed by atoms with Crippen molar-refractivity contribution < 1.29 is 135 Å². The van der Waals surface area contributed by atoms with Crippen LogP contribution in [-0.4, -0.2) is 300 Å². The van der Waals surface area contributed by atoms with Crippen molar-refractivity contribution in [1.29, 1.82) is 5.41 Å². The van der Waals surface area contributed by atoms with Gasteiger partial charge in [-0.15, -0.1) is 0 Å². The number of aliphatic carboxylic acids is 1. The number of carboxylic acids is 1. The van der Waals surface area contributed by atoms with E-state index >= 15 is 33.6 Å². The van der Waals surface area contributed by atoms with Crippen molar-refractivity contribution in [3.05, 3.63) is 155 Å². The van der Waals surface area contributed by atoms with E-state index in [-0.39, 0.29) is 125 Å². The zero-order chi connectivity index (χ0) is 107. The Bertz CT molecular complexity index is 5920. The van der Waals surface area contributed by atoms with E-state index in [1.165, 1.54) is 108 Å². The van der Waals surface area contributed by atoms with Gasteiger partial charge < -0.3 is 123 Å². The van der Waals surface area contributed by atoms with E-state index < -0.39 is 294 Å². The maximum atomic E-state index is 16.2. The van der Waals surface area contributed by atoms with Crippen LogP contribution in [0.1, 0.15) is 215 Å². The number of likely N-dealkylation sites (tertiary alicyclic amines) is 4. The zero-order valence-electron chi connectivity index (χ0n) is 83.9. The molecule has 13 rings (SSSR count). The Balaban J connectivity index is 0.748. The molecule has 5 saturated heterocycles. The lowest BCUT2D eigenvalue weighted by atomic mass is 9.44. The number of rotatable bonds is 42. The highest BCUT2D eigenvalue weighted by atomic mass is 16.6. The molecule has 3 aliphatic carbocycles. The lowest BCUT2D eigenvalue weighted by Gasteiger charge is -2.67. The fourth-order valence-electron chi connectivity index (χ4n) is 22.3. The van der Waals surface area contributed by atoms with Crippen LogP contribution < -0.4 is 54.4 Å². The number of primary amides is 2. The van der Waals surface area contributed by atoms with Gasteiger partial charge in [-0.2, -0.15) is 0 Å². The molecular weight excluding hydrogens is 1920 g/mol. The smallest absolute Gasteiger partial charge is 0.350 e. The number of nitrogens with one attached hydrogen (secondary N) is 9. The summed E-state index contributed by atoms with van der Waals surface area (Å²) < 4.78 is 37.4. The molecule has 5 aliphatic heterocycles. The molecule has 2 bridgehead atoms. The number of Topliss-reactive ketones (excluding diaryl/α,β-unsaturated/α-hetero) is 1. The number of para-hydroxylation sites is 1. The first-order valence-corrected chi connectivity index (χ1v) is 50.2. The van der Waals surface area contributed by atoms with E-state index in [0.29, 0.717) is 42.1 Å². The highest BCUT2D eigenvalue weighted by molar-refractivity contribution is 6.02. The number of guanidine groups is 1. The number of nitrogens with two attached hydrogens (primary N) is 3. The summed E-state index contributed by atoms with van der Waals surface area (Å²) in [6.07, 6.45) is -12.9. The fourth-order valence-corrected chi connectivity index (χ4v) is 22.3. The van der Waals surface area contributed by atoms with E-state index in [4.69, 9.17) is 51.0 Å². The molecule has 796 valence electrons. The summed E-state index contributed by atoms with van der Waals surface area (Å²) >= 11 is 0. The number of carbonyl (C=O) groups is 19. The van der Waals surface area contributed by atoms with Crippen LogP contribution in [0.2, 0.25) is 0 Å². The van der Waals surface area contributed by atoms with E-state index in [2.05, 4.69) is 42.2 Å². The summed E-state index contributed by atoms with van der Waals surface area (Å²) in [5.41, 5.74) is 8.99. The number of aliphatic hydroxyl groups excluding tert-OH is 1. The second-order valence-electron chi connectivity index (χ2n) is 40.1. The lowest BCUT2D eigenvalue weighted by Crippen LogP contribution is -2.82. The number of aliphatic hydroxyl groups is 2. The summed E-state index contributed by atoms with van der Waals surface area (Å²) in [5.74, 6) is -20.9. The molecule has 0 spiro atoms. The summed E-state index contributed by atoms with van der Waals surface area (Å²) in [7, 11) is 0. The van der Waals surface area contributed by atoms with Gasteiger partial charge in [0.05, 0.1) is 36.0 Å². The van der Waals surface area contributed by atoms with E-state index in [0.717, 1.165) is 13.8 Å². The first kappa shape index (κ1) is 111. The first-order chi connectivity index (χ1) is 70.3. The number of ether oxygens (including phenoxy) is 6. The summed E-state index contributed by atoms with van der Waals surface area (Å²) in [6, 6.07) is 15.7. The molecule has 44 heteroatoms. The van der Waals surface area contributed by atoms with Crippen LogP contribution in [0.4, 0.5) is 0 Å². The number of carboxylic acid groups (broad SMARTS) is 1. The van der Waals surface area contributed by atoms with Crippen molar-refractivity contribution in [1.82, 2.24) is 61.8 Å². The largest absolute Gasteiger partial charge is 0.481 e. The van der Waals surface area contributed by atoms with Crippen LogP contribution in [0.5, 0.6) is 0 Å². The van der Waals surface area contributed by atoms with Crippen molar-refractivity contribution in [3.63, 3.8) is 0 Å². The molecule has 148 heavy (non-hydrogen) atoms. The van der Waals surface area contributed by atoms with E-state index in [1.54, 1.807) is 74.6 Å². The Morgan fingerprint density at radius 3 is 1.76 bits per heavy atom. The molecule has 5 aromatic rings. The normalized spacial score (nSPS) is 25.3. The van der Waals surface area contributed by atoms with Gasteiger partial charge in [0.15, 0.2) is 23.4 Å². The minimum atomic E-state index is -2.68. The maximum Gasteiger partial charge on any atom is 0.350 e. The third kappa shape index (κ3) is 24.1. The minimum Gasteiger partial charge on any atom is -0.481 e. The van der Waals surface area contributed by atoms with Gasteiger partial charge in [0.2, 0.25) is 71.1 Å². The number of aromatic nitrogens is 1. The second kappa shape index (κ2) is 47.5. The zero-order valence-corrected chi connectivity index (χ0v) is 83.9. The molecule has 7 fully saturated rings. The molecule has 1 aromatic heterocycles. The Morgan fingerprint density at radius 2 is 1.18 bits per heavy atom. The Hall–Kier alpha value is -14.6. The predicted molar refractivity (Wildman–Crippen MR) is 524 cm³/mol. The Kier molecular flexibility index (Phi) is 35.5. The topological polar surface area (TPSA) is 655 Å². The summed E-state index contributed by atoms with van der Waals surface area (Å²) in [5, 5.41) is 64.4. The summed E-state index contributed by atoms with van der Waals surface area (Å²) in [6.45, 7) is 11.0. The van der Waals surface area contributed by atoms with Crippen LogP contribution >= 0.6 is 0 Å². The Labute approximate surface area is 853 Å². The molecule has 6 heterocycles. The maximum absolute atomic E-state index is 16.2. The minimum absolute atomic E-state index is 0.0109. The van der Waals surface area contributed by atoms with Gasteiger partial charge >= 0.3 is 35.8 Å². The van der Waals surface area contributed by atoms with Crippen molar-refractivity contribution >= 4 is 129 Å². The van der Waals surface area contributed by atoms with E-state index in [9.17, 15) is 72.9 Å². The molecule has 8 aliphatic rings. The number of carbonyl (C=O) groups excluding carboxylic acids is 18. The molecule has 44 nitrogen and oxygen atoms in total. The number of hydrogen-bond donors (Lipinski definition) is 15. The van der Waals surface area contributed by atoms with Gasteiger partial charge in [-0.1, -0.05) is 119 Å². The van der Waals surface area contributed by atoms with Crippen LogP contribution in [-0.2, 0) is 116 Å². The number of ketones is 1. The number of nitrogens with zero attached hydrogens (tertiary/aromatic N) is 4. The molecule has 21 atom stereocenters. The van der Waals surface area contributed by atoms with Crippen LogP contribution in [0.3, 0.4) is 0 Å². The number of esters is 5. The standard InChI is InChI=1S/C104H132N16O28/c1-9-55(2)81(97(139)120-49-25-38-72(120)96(138)117-46-22-35-69(117)88(106)130)115-91(133)66(39-41-76(105)124)112-92(134)70-36-23-47-118(70)94(136)67(34-21-45-109-100(107)108)113-93(135)71-37-24-48-119(71)95(137)68(50-62-53-110-64-33-20-19-32-63(62)64)114-90(132)65(40-43-78(126)127)111-77(125)42-44-79(128)146-84(82(59-26-13-10-14-27-59)116-89(131)60-28-15-11-16-29-60)99(141)145-73-52-104(142)87(147-98(140)61-30-17-12-18-31-61)85-102(8,74(123)51-75-103(85,54-143-75)148-58(5)122)86(129)83(144-57(4)121)80(56(73)3)101(104,6)7/h10-20,26-33,53,55,65-75,81-85,87,110,123,142H,9,21-25,34-52,54H2,1-8H3,(H2,105,124)(H2,106,130)(H,111,125)(H,112,134)(H,113,135)(H,114,132)(H,115,133)(H,116,131)(H,126,127)(H4,107,108,109)/t55-,65-,66-,67-,68-,69-,70-,71-,72-,73-,74-,75+,81-,82-,83+,84+,85-,87-,102+,103-,104+/m0/s1. The third-order valence-corrected chi connectivity index (χ3v) is 30.3. The average molecular weight is 2050 g/mol. The number of aromatic amines is 1. The Morgan fingerprint density at radius 1 is 0.615 bits per heavy atom. The van der Waals surface area contributed by atoms with Crippen molar-refractivity contribution in [2.24, 2.45) is 39.9 Å².